The molecule has 1 aromatic carbocycles. The van der Waals surface area contributed by atoms with Crippen LogP contribution in [-0.2, 0) is 13.0 Å². The number of halogens is 2. The molecule has 0 radical (unpaired) electrons. The van der Waals surface area contributed by atoms with Gasteiger partial charge in [0.05, 0.1) is 13.3 Å². The summed E-state index contributed by atoms with van der Waals surface area (Å²) in [5.74, 6) is -0.871. The number of ether oxygens (including phenoxy) is 1. The van der Waals surface area contributed by atoms with Crippen LogP contribution in [0.2, 0.25) is 0 Å². The van der Waals surface area contributed by atoms with Gasteiger partial charge in [0.25, 0.3) is 0 Å². The Kier molecular flexibility index (Phi) is 4.34. The average molecular weight is 282 g/mol. The van der Waals surface area contributed by atoms with Crippen molar-refractivity contribution in [3.05, 3.63) is 47.3 Å². The van der Waals surface area contributed by atoms with E-state index in [1.54, 1.807) is 4.68 Å². The maximum Gasteiger partial charge on any atom is 0.162 e. The summed E-state index contributed by atoms with van der Waals surface area (Å²) in [5.41, 5.74) is 0.725. The molecule has 1 unspecified atom stereocenters. The Balaban J connectivity index is 2.27. The van der Waals surface area contributed by atoms with Gasteiger partial charge in [0.15, 0.2) is 5.75 Å². The van der Waals surface area contributed by atoms with Gasteiger partial charge in [-0.05, 0) is 18.6 Å². The Morgan fingerprint density at radius 3 is 2.75 bits per heavy atom. The van der Waals surface area contributed by atoms with Crippen molar-refractivity contribution in [2.24, 2.45) is 0 Å². The van der Waals surface area contributed by atoms with Gasteiger partial charge < -0.3 is 9.84 Å². The molecule has 0 amide bonds. The van der Waals surface area contributed by atoms with Crippen LogP contribution in [0.15, 0.2) is 24.4 Å². The molecule has 1 N–H and O–H groups in total. The molecule has 1 aromatic heterocycles. The first-order valence-corrected chi connectivity index (χ1v) is 6.28. The summed E-state index contributed by atoms with van der Waals surface area (Å²) in [6.45, 7) is 2.43. The van der Waals surface area contributed by atoms with Gasteiger partial charge in [0.1, 0.15) is 23.4 Å². The van der Waals surface area contributed by atoms with E-state index in [1.807, 2.05) is 6.92 Å². The van der Waals surface area contributed by atoms with E-state index >= 15 is 0 Å². The Morgan fingerprint density at radius 2 is 2.15 bits per heavy atom. The molecular formula is C14H16F2N2O2. The number of aromatic nitrogens is 2. The molecule has 108 valence electrons. The molecule has 0 aliphatic carbocycles. The standard InChI is InChI=1S/C14H16F2N2O2/c1-3-18-14(13(20-2)8-17-18)12(19)6-9-4-5-10(15)7-11(9)16/h4-5,7-8,12,19H,3,6H2,1-2H3. The smallest absolute Gasteiger partial charge is 0.162 e. The first kappa shape index (κ1) is 14.5. The lowest BCUT2D eigenvalue weighted by Crippen LogP contribution is -2.12. The maximum absolute atomic E-state index is 13.6. The van der Waals surface area contributed by atoms with E-state index in [-0.39, 0.29) is 12.0 Å². The van der Waals surface area contributed by atoms with Crippen LogP contribution in [0.5, 0.6) is 5.75 Å². The predicted octanol–water partition coefficient (Wildman–Crippen LogP) is 2.47. The number of aliphatic hydroxyl groups is 1. The molecule has 2 rings (SSSR count). The van der Waals surface area contributed by atoms with E-state index in [0.29, 0.717) is 18.0 Å². The Morgan fingerprint density at radius 1 is 1.40 bits per heavy atom. The minimum atomic E-state index is -0.979. The number of methoxy groups -OCH3 is 1. The molecule has 6 heteroatoms. The quantitative estimate of drug-likeness (QED) is 0.916. The third-order valence-electron chi connectivity index (χ3n) is 3.11. The second-order valence-corrected chi connectivity index (χ2v) is 4.37. The van der Waals surface area contributed by atoms with Crippen molar-refractivity contribution in [1.82, 2.24) is 9.78 Å². The molecule has 20 heavy (non-hydrogen) atoms. The average Bonchev–Trinajstić information content (AvgIpc) is 2.84. The number of aliphatic hydroxyl groups excluding tert-OH is 1. The molecule has 0 saturated carbocycles. The highest BCUT2D eigenvalue weighted by Crippen LogP contribution is 2.28. The van der Waals surface area contributed by atoms with Crippen LogP contribution >= 0.6 is 0 Å². The molecule has 0 aliphatic heterocycles. The van der Waals surface area contributed by atoms with Crippen LogP contribution in [0.4, 0.5) is 8.78 Å². The van der Waals surface area contributed by atoms with Crippen molar-refractivity contribution in [3.8, 4) is 5.75 Å². The SMILES string of the molecule is CCn1ncc(OC)c1C(O)Cc1ccc(F)cc1F. The largest absolute Gasteiger partial charge is 0.493 e. The Hall–Kier alpha value is -1.95. The van der Waals surface area contributed by atoms with Crippen molar-refractivity contribution >= 4 is 0 Å². The van der Waals surface area contributed by atoms with Crippen molar-refractivity contribution in [1.29, 1.82) is 0 Å². The summed E-state index contributed by atoms with van der Waals surface area (Å²) in [7, 11) is 1.48. The zero-order valence-electron chi connectivity index (χ0n) is 11.3. The van der Waals surface area contributed by atoms with Gasteiger partial charge in [0.2, 0.25) is 0 Å². The summed E-state index contributed by atoms with van der Waals surface area (Å²) >= 11 is 0. The van der Waals surface area contributed by atoms with Crippen LogP contribution in [-0.4, -0.2) is 22.0 Å². The van der Waals surface area contributed by atoms with Crippen LogP contribution < -0.4 is 4.74 Å². The summed E-state index contributed by atoms with van der Waals surface area (Å²) < 4.78 is 33.2. The molecule has 1 atom stereocenters. The highest BCUT2D eigenvalue weighted by atomic mass is 19.1. The van der Waals surface area contributed by atoms with Crippen molar-refractivity contribution in [2.75, 3.05) is 7.11 Å². The first-order valence-electron chi connectivity index (χ1n) is 6.28. The first-order chi connectivity index (χ1) is 9.56. The van der Waals surface area contributed by atoms with Gasteiger partial charge in [-0.1, -0.05) is 6.07 Å². The van der Waals surface area contributed by atoms with Gasteiger partial charge in [-0.25, -0.2) is 8.78 Å². The Labute approximate surface area is 115 Å². The van der Waals surface area contributed by atoms with E-state index in [2.05, 4.69) is 5.10 Å². The van der Waals surface area contributed by atoms with E-state index in [9.17, 15) is 13.9 Å². The van der Waals surface area contributed by atoms with Gasteiger partial charge in [-0.15, -0.1) is 0 Å². The summed E-state index contributed by atoms with van der Waals surface area (Å²) in [4.78, 5) is 0. The number of aryl methyl sites for hydroxylation is 1. The zero-order valence-corrected chi connectivity index (χ0v) is 11.3. The molecule has 0 spiro atoms. The highest BCUT2D eigenvalue weighted by Gasteiger charge is 2.21. The van der Waals surface area contributed by atoms with E-state index in [1.165, 1.54) is 25.4 Å². The minimum absolute atomic E-state index is 0.0220. The number of rotatable bonds is 5. The van der Waals surface area contributed by atoms with Gasteiger partial charge in [-0.2, -0.15) is 5.10 Å². The molecule has 0 bridgehead atoms. The lowest BCUT2D eigenvalue weighted by atomic mass is 10.0. The van der Waals surface area contributed by atoms with Crippen LogP contribution in [0.3, 0.4) is 0 Å². The third kappa shape index (κ3) is 2.80. The predicted molar refractivity (Wildman–Crippen MR) is 69.5 cm³/mol. The van der Waals surface area contributed by atoms with Crippen LogP contribution in [0, 0.1) is 11.6 Å². The fourth-order valence-corrected chi connectivity index (χ4v) is 2.12. The summed E-state index contributed by atoms with van der Waals surface area (Å²) in [6.07, 6.45) is 0.546. The molecular weight excluding hydrogens is 266 g/mol. The van der Waals surface area contributed by atoms with Crippen molar-refractivity contribution in [3.63, 3.8) is 0 Å². The summed E-state index contributed by atoms with van der Waals surface area (Å²) in [5, 5.41) is 14.4. The van der Waals surface area contributed by atoms with Crippen LogP contribution in [0.25, 0.3) is 0 Å². The topological polar surface area (TPSA) is 47.3 Å². The number of nitrogens with zero attached hydrogens (tertiary/aromatic N) is 2. The fraction of sp³-hybridized carbons (Fsp3) is 0.357. The lowest BCUT2D eigenvalue weighted by Gasteiger charge is -2.14. The normalized spacial score (nSPS) is 12.4. The summed E-state index contributed by atoms with van der Waals surface area (Å²) in [6, 6.07) is 3.29. The highest BCUT2D eigenvalue weighted by molar-refractivity contribution is 5.29. The van der Waals surface area contributed by atoms with Crippen molar-refractivity contribution < 1.29 is 18.6 Å². The van der Waals surface area contributed by atoms with Gasteiger partial charge >= 0.3 is 0 Å². The molecule has 0 aliphatic rings. The number of hydrogen-bond donors (Lipinski definition) is 1. The minimum Gasteiger partial charge on any atom is -0.493 e. The molecule has 1 heterocycles. The second-order valence-electron chi connectivity index (χ2n) is 4.37. The van der Waals surface area contributed by atoms with Gasteiger partial charge in [-0.3, -0.25) is 4.68 Å². The number of hydrogen-bond acceptors (Lipinski definition) is 3. The van der Waals surface area contributed by atoms with Crippen LogP contribution in [0.1, 0.15) is 24.3 Å². The van der Waals surface area contributed by atoms with Crippen molar-refractivity contribution in [2.45, 2.75) is 26.0 Å². The number of benzene rings is 1. The second kappa shape index (κ2) is 6.00. The van der Waals surface area contributed by atoms with Gasteiger partial charge in [0, 0.05) is 19.0 Å². The Bertz CT molecular complexity index is 577. The molecule has 2 aromatic rings. The monoisotopic (exact) mass is 282 g/mol. The van der Waals surface area contributed by atoms with E-state index < -0.39 is 17.7 Å². The molecule has 4 nitrogen and oxygen atoms in total. The van der Waals surface area contributed by atoms with E-state index in [0.717, 1.165) is 6.07 Å². The fourth-order valence-electron chi connectivity index (χ4n) is 2.12. The molecule has 0 fully saturated rings. The zero-order chi connectivity index (χ0) is 14.7. The lowest BCUT2D eigenvalue weighted by molar-refractivity contribution is 0.161. The van der Waals surface area contributed by atoms with E-state index in [4.69, 9.17) is 4.74 Å². The molecule has 0 saturated heterocycles. The third-order valence-corrected chi connectivity index (χ3v) is 3.11. The maximum atomic E-state index is 13.6.